The second-order valence-electron chi connectivity index (χ2n) is 14.4. The van der Waals surface area contributed by atoms with Gasteiger partial charge in [0.1, 0.15) is 12.4 Å². The predicted octanol–water partition coefficient (Wildman–Crippen LogP) is 8.70. The molecule has 0 saturated carbocycles. The first-order valence-electron chi connectivity index (χ1n) is 15.7. The molecule has 1 N–H and O–H groups in total. The Hall–Kier alpha value is -2.38. The van der Waals surface area contributed by atoms with Gasteiger partial charge in [-0.25, -0.2) is 0 Å². The van der Waals surface area contributed by atoms with Crippen LogP contribution in [0.3, 0.4) is 0 Å². The smallest absolute Gasteiger partial charge is 0.312 e. The molecule has 0 heterocycles. The molecule has 44 heavy (non-hydrogen) atoms. The fourth-order valence-corrected chi connectivity index (χ4v) is 5.92. The molecule has 2 rings (SSSR count). The minimum Gasteiger partial charge on any atom is -0.493 e. The average molecular weight is 676 g/mol. The van der Waals surface area contributed by atoms with Gasteiger partial charge in [-0.1, -0.05) is 86.1 Å². The third-order valence-corrected chi connectivity index (χ3v) is 10.5. The molecule has 6 nitrogen and oxygen atoms in total. The summed E-state index contributed by atoms with van der Waals surface area (Å²) < 4.78 is 16.2. The minimum atomic E-state index is -0.830. The zero-order valence-electron chi connectivity index (χ0n) is 28.5. The Labute approximate surface area is 274 Å². The first-order chi connectivity index (χ1) is 20.4. The van der Waals surface area contributed by atoms with Crippen molar-refractivity contribution in [2.24, 2.45) is 22.2 Å². The van der Waals surface area contributed by atoms with Crippen LogP contribution in [0.5, 0.6) is 5.75 Å². The van der Waals surface area contributed by atoms with E-state index in [0.29, 0.717) is 25.4 Å². The van der Waals surface area contributed by atoms with Gasteiger partial charge < -0.3 is 19.3 Å². The van der Waals surface area contributed by atoms with E-state index in [2.05, 4.69) is 67.9 Å². The lowest BCUT2D eigenvalue weighted by Crippen LogP contribution is -2.45. The maximum atomic E-state index is 13.4. The van der Waals surface area contributed by atoms with E-state index >= 15 is 0 Å². The number of esters is 2. The van der Waals surface area contributed by atoms with Gasteiger partial charge in [-0.3, -0.25) is 9.59 Å². The van der Waals surface area contributed by atoms with Crippen LogP contribution < -0.4 is 4.74 Å². The number of carbonyl (C=O) groups is 2. The SMILES string of the molecule is COC(=O)C(C)(CC(CC(CC(C)(C)C(C)(C)C(=O)OCCO)c1ccccc1)c1ccc(OCC(C)C)cc1)C(C)(C)Br. The summed E-state index contributed by atoms with van der Waals surface area (Å²) in [4.78, 5) is 26.5. The molecule has 0 saturated heterocycles. The molecule has 0 aliphatic carbocycles. The number of aliphatic hydroxyl groups is 1. The highest BCUT2D eigenvalue weighted by Crippen LogP contribution is 2.52. The Morgan fingerprint density at radius 1 is 0.818 bits per heavy atom. The van der Waals surface area contributed by atoms with Crippen LogP contribution in [0.4, 0.5) is 0 Å². The van der Waals surface area contributed by atoms with Crippen molar-refractivity contribution >= 4 is 27.9 Å². The maximum Gasteiger partial charge on any atom is 0.312 e. The van der Waals surface area contributed by atoms with Crippen LogP contribution in [0, 0.1) is 22.2 Å². The van der Waals surface area contributed by atoms with E-state index in [9.17, 15) is 14.7 Å². The Bertz CT molecular complexity index is 1180. The quantitative estimate of drug-likeness (QED) is 0.134. The summed E-state index contributed by atoms with van der Waals surface area (Å²) in [6, 6.07) is 18.7. The largest absolute Gasteiger partial charge is 0.493 e. The summed E-state index contributed by atoms with van der Waals surface area (Å²) in [6.45, 7) is 18.7. The number of aliphatic hydroxyl groups excluding tert-OH is 1. The summed E-state index contributed by atoms with van der Waals surface area (Å²) in [6.07, 6.45) is 2.00. The fourth-order valence-electron chi connectivity index (χ4n) is 5.60. The number of methoxy groups -OCH3 is 1. The Kier molecular flexibility index (Phi) is 13.5. The number of rotatable bonds is 17. The summed E-state index contributed by atoms with van der Waals surface area (Å²) >= 11 is 3.82. The van der Waals surface area contributed by atoms with E-state index in [1.165, 1.54) is 12.7 Å². The second kappa shape index (κ2) is 15.8. The van der Waals surface area contributed by atoms with Gasteiger partial charge in [0.25, 0.3) is 0 Å². The first kappa shape index (κ1) is 37.8. The molecule has 0 aromatic heterocycles. The standard InChI is InChI=1S/C37H55BrO6/c1-26(2)25-44-31-18-16-28(17-19-31)30(24-37(9,33(41)42-10)36(7,8)38)22-29(27-14-12-11-13-15-27)23-34(3,4)35(5,6)32(40)43-21-20-39/h11-19,26,29-30,39H,20-25H2,1-10H3. The topological polar surface area (TPSA) is 82.1 Å². The van der Waals surface area contributed by atoms with Crippen LogP contribution in [-0.2, 0) is 19.1 Å². The molecule has 0 spiro atoms. The second-order valence-corrected chi connectivity index (χ2v) is 16.4. The summed E-state index contributed by atoms with van der Waals surface area (Å²) in [5.74, 6) is 0.715. The molecule has 7 heteroatoms. The van der Waals surface area contributed by atoms with Gasteiger partial charge in [0.2, 0.25) is 0 Å². The van der Waals surface area contributed by atoms with E-state index in [4.69, 9.17) is 14.2 Å². The number of alkyl halides is 1. The highest BCUT2D eigenvalue weighted by molar-refractivity contribution is 9.10. The van der Waals surface area contributed by atoms with Gasteiger partial charge >= 0.3 is 11.9 Å². The predicted molar refractivity (Wildman–Crippen MR) is 181 cm³/mol. The lowest BCUT2D eigenvalue weighted by Gasteiger charge is -2.44. The van der Waals surface area contributed by atoms with Gasteiger partial charge in [-0.05, 0) is 100 Å². The zero-order chi connectivity index (χ0) is 33.3. The van der Waals surface area contributed by atoms with Crippen molar-refractivity contribution in [3.8, 4) is 5.75 Å². The summed E-state index contributed by atoms with van der Waals surface area (Å²) in [7, 11) is 1.45. The number of carbonyl (C=O) groups excluding carboxylic acids is 2. The Morgan fingerprint density at radius 2 is 1.36 bits per heavy atom. The van der Waals surface area contributed by atoms with Crippen molar-refractivity contribution in [3.05, 3.63) is 65.7 Å². The average Bonchev–Trinajstić information content (AvgIpc) is 2.97. The molecule has 2 aromatic carbocycles. The fraction of sp³-hybridized carbons (Fsp3) is 0.622. The highest BCUT2D eigenvalue weighted by atomic mass is 79.9. The Balaban J connectivity index is 2.61. The van der Waals surface area contributed by atoms with Gasteiger partial charge in [0.15, 0.2) is 0 Å². The van der Waals surface area contributed by atoms with Crippen molar-refractivity contribution in [3.63, 3.8) is 0 Å². The third-order valence-electron chi connectivity index (χ3n) is 9.66. The molecule has 246 valence electrons. The third kappa shape index (κ3) is 9.56. The highest BCUT2D eigenvalue weighted by Gasteiger charge is 2.49. The molecular weight excluding hydrogens is 620 g/mol. The molecule has 0 bridgehead atoms. The van der Waals surface area contributed by atoms with Gasteiger partial charge in [-0.2, -0.15) is 0 Å². The summed E-state index contributed by atoms with van der Waals surface area (Å²) in [5.41, 5.74) is 0.204. The van der Waals surface area contributed by atoms with Crippen LogP contribution in [0.2, 0.25) is 0 Å². The maximum absolute atomic E-state index is 13.4. The summed E-state index contributed by atoms with van der Waals surface area (Å²) in [5, 5.41) is 9.24. The van der Waals surface area contributed by atoms with Crippen molar-refractivity contribution in [1.29, 1.82) is 0 Å². The van der Waals surface area contributed by atoms with Crippen LogP contribution >= 0.6 is 15.9 Å². The van der Waals surface area contributed by atoms with E-state index in [0.717, 1.165) is 17.7 Å². The number of hydrogen-bond donors (Lipinski definition) is 1. The van der Waals surface area contributed by atoms with Gasteiger partial charge in [0.05, 0.1) is 31.2 Å². The van der Waals surface area contributed by atoms with Crippen molar-refractivity contribution in [2.45, 2.75) is 97.7 Å². The van der Waals surface area contributed by atoms with Crippen molar-refractivity contribution in [1.82, 2.24) is 0 Å². The number of benzene rings is 2. The molecule has 0 amide bonds. The van der Waals surface area contributed by atoms with E-state index < -0.39 is 20.6 Å². The van der Waals surface area contributed by atoms with E-state index in [1.807, 2.05) is 65.0 Å². The molecule has 0 aliphatic rings. The number of hydrogen-bond acceptors (Lipinski definition) is 6. The minimum absolute atomic E-state index is 0.0134. The lowest BCUT2D eigenvalue weighted by atomic mass is 9.61. The number of ether oxygens (including phenoxy) is 3. The molecule has 0 radical (unpaired) electrons. The van der Waals surface area contributed by atoms with Crippen LogP contribution in [0.1, 0.15) is 105 Å². The monoisotopic (exact) mass is 674 g/mol. The van der Waals surface area contributed by atoms with Crippen molar-refractivity contribution in [2.75, 3.05) is 26.9 Å². The van der Waals surface area contributed by atoms with Gasteiger partial charge in [-0.15, -0.1) is 0 Å². The molecular formula is C37H55BrO6. The first-order valence-corrected chi connectivity index (χ1v) is 16.5. The molecule has 3 atom stereocenters. The molecule has 3 unspecified atom stereocenters. The van der Waals surface area contributed by atoms with Crippen LogP contribution in [0.15, 0.2) is 54.6 Å². The van der Waals surface area contributed by atoms with Crippen LogP contribution in [0.25, 0.3) is 0 Å². The van der Waals surface area contributed by atoms with E-state index in [1.54, 1.807) is 0 Å². The van der Waals surface area contributed by atoms with Gasteiger partial charge in [0, 0.05) is 4.32 Å². The van der Waals surface area contributed by atoms with Crippen molar-refractivity contribution < 1.29 is 28.9 Å². The number of halogens is 1. The Morgan fingerprint density at radius 3 is 1.86 bits per heavy atom. The zero-order valence-corrected chi connectivity index (χ0v) is 30.1. The molecule has 2 aromatic rings. The molecule has 0 aliphatic heterocycles. The normalized spacial score (nSPS) is 15.3. The lowest BCUT2D eigenvalue weighted by molar-refractivity contribution is -0.162. The van der Waals surface area contributed by atoms with Crippen LogP contribution in [-0.4, -0.2) is 48.3 Å². The molecule has 0 fully saturated rings. The van der Waals surface area contributed by atoms with E-state index in [-0.39, 0.29) is 37.0 Å².